The Kier molecular flexibility index (Phi) is 5.53. The Morgan fingerprint density at radius 1 is 1.10 bits per heavy atom. The maximum atomic E-state index is 8.95. The molecule has 148 valence electrons. The summed E-state index contributed by atoms with van der Waals surface area (Å²) in [5, 5.41) is 12.7. The molecule has 2 aromatic carbocycles. The van der Waals surface area contributed by atoms with Crippen molar-refractivity contribution in [2.24, 2.45) is 0 Å². The fourth-order valence-electron chi connectivity index (χ4n) is 3.92. The zero-order chi connectivity index (χ0) is 20.2. The summed E-state index contributed by atoms with van der Waals surface area (Å²) < 4.78 is 2.20. The number of nitriles is 1. The number of imidazole rings is 1. The number of benzene rings is 2. The summed E-state index contributed by atoms with van der Waals surface area (Å²) in [6.07, 6.45) is 4.12. The van der Waals surface area contributed by atoms with Gasteiger partial charge in [0.15, 0.2) is 0 Å². The van der Waals surface area contributed by atoms with Gasteiger partial charge in [-0.25, -0.2) is 4.98 Å². The van der Waals surface area contributed by atoms with Crippen LogP contribution in [0.1, 0.15) is 35.4 Å². The van der Waals surface area contributed by atoms with Crippen molar-refractivity contribution in [3.8, 4) is 6.07 Å². The van der Waals surface area contributed by atoms with Crippen molar-refractivity contribution in [2.75, 3.05) is 23.3 Å². The van der Waals surface area contributed by atoms with Crippen LogP contribution in [0.2, 0.25) is 0 Å². The number of hydrogen-bond acceptors (Lipinski definition) is 4. The van der Waals surface area contributed by atoms with Gasteiger partial charge in [0.25, 0.3) is 0 Å². The van der Waals surface area contributed by atoms with E-state index < -0.39 is 0 Å². The van der Waals surface area contributed by atoms with Crippen LogP contribution < -0.4 is 10.2 Å². The largest absolute Gasteiger partial charge is 0.382 e. The van der Waals surface area contributed by atoms with E-state index in [-0.39, 0.29) is 0 Å². The van der Waals surface area contributed by atoms with E-state index in [0.29, 0.717) is 11.6 Å². The van der Waals surface area contributed by atoms with Gasteiger partial charge in [0.1, 0.15) is 0 Å². The number of nitrogens with one attached hydrogen (secondary N) is 1. The molecule has 29 heavy (non-hydrogen) atoms. The van der Waals surface area contributed by atoms with E-state index in [0.717, 1.165) is 38.2 Å². The van der Waals surface area contributed by atoms with Crippen LogP contribution in [0.15, 0.2) is 54.9 Å². The maximum absolute atomic E-state index is 8.95. The van der Waals surface area contributed by atoms with Gasteiger partial charge in [0.2, 0.25) is 0 Å². The second-order valence-electron chi connectivity index (χ2n) is 7.81. The first kappa shape index (κ1) is 19.1. The maximum Gasteiger partial charge on any atom is 0.0991 e. The number of piperidine rings is 1. The molecule has 5 heteroatoms. The summed E-state index contributed by atoms with van der Waals surface area (Å²) in [7, 11) is 0. The molecule has 1 saturated heterocycles. The molecule has 0 unspecified atom stereocenters. The van der Waals surface area contributed by atoms with Crippen molar-refractivity contribution in [1.82, 2.24) is 9.55 Å². The van der Waals surface area contributed by atoms with Gasteiger partial charge in [-0.2, -0.15) is 5.26 Å². The number of nitrogens with zero attached hydrogens (tertiary/aromatic N) is 4. The van der Waals surface area contributed by atoms with E-state index in [1.807, 2.05) is 25.4 Å². The minimum absolute atomic E-state index is 0.483. The molecular weight excluding hydrogens is 358 g/mol. The zero-order valence-electron chi connectivity index (χ0n) is 17.1. The molecule has 1 aliphatic rings. The van der Waals surface area contributed by atoms with Gasteiger partial charge in [-0.1, -0.05) is 12.1 Å². The highest BCUT2D eigenvalue weighted by Gasteiger charge is 2.19. The van der Waals surface area contributed by atoms with Crippen LogP contribution >= 0.6 is 0 Å². The first-order valence-corrected chi connectivity index (χ1v) is 10.2. The Morgan fingerprint density at radius 2 is 1.86 bits per heavy atom. The molecule has 2 heterocycles. The van der Waals surface area contributed by atoms with Gasteiger partial charge in [0.05, 0.1) is 23.7 Å². The molecular formula is C24H27N5. The van der Waals surface area contributed by atoms with Crippen molar-refractivity contribution in [3.63, 3.8) is 0 Å². The van der Waals surface area contributed by atoms with Crippen LogP contribution in [0.3, 0.4) is 0 Å². The highest BCUT2D eigenvalue weighted by Crippen LogP contribution is 2.23. The Morgan fingerprint density at radius 3 is 2.52 bits per heavy atom. The van der Waals surface area contributed by atoms with Crippen LogP contribution in [-0.4, -0.2) is 28.7 Å². The van der Waals surface area contributed by atoms with E-state index in [4.69, 9.17) is 5.26 Å². The molecule has 5 nitrogen and oxygen atoms in total. The standard InChI is InChI=1S/C24H27N5/c1-18-19(2)29(17-26-18)16-21-4-3-5-23(14-21)27-22-10-12-28(13-11-22)24-8-6-20(15-25)7-9-24/h3-9,14,17,22,27H,10-13,16H2,1-2H3. The average Bonchev–Trinajstić information content (AvgIpc) is 3.07. The smallest absolute Gasteiger partial charge is 0.0991 e. The summed E-state index contributed by atoms with van der Waals surface area (Å²) in [6, 6.07) is 19.3. The van der Waals surface area contributed by atoms with Crippen molar-refractivity contribution < 1.29 is 0 Å². The molecule has 1 N–H and O–H groups in total. The lowest BCUT2D eigenvalue weighted by molar-refractivity contribution is 0.526. The van der Waals surface area contributed by atoms with Gasteiger partial charge >= 0.3 is 0 Å². The molecule has 0 aliphatic carbocycles. The van der Waals surface area contributed by atoms with Gasteiger partial charge < -0.3 is 14.8 Å². The average molecular weight is 386 g/mol. The number of rotatable bonds is 5. The lowest BCUT2D eigenvalue weighted by Gasteiger charge is -2.34. The third-order valence-corrected chi connectivity index (χ3v) is 5.85. The SMILES string of the molecule is Cc1ncn(Cc2cccc(NC3CCN(c4ccc(C#N)cc4)CC3)c2)c1C. The zero-order valence-corrected chi connectivity index (χ0v) is 17.1. The summed E-state index contributed by atoms with van der Waals surface area (Å²) >= 11 is 0. The van der Waals surface area contributed by atoms with Crippen molar-refractivity contribution >= 4 is 11.4 Å². The third-order valence-electron chi connectivity index (χ3n) is 5.85. The molecule has 0 spiro atoms. The summed E-state index contributed by atoms with van der Waals surface area (Å²) in [5.41, 5.74) is 6.70. The topological polar surface area (TPSA) is 56.9 Å². The third kappa shape index (κ3) is 4.43. The first-order valence-electron chi connectivity index (χ1n) is 10.2. The monoisotopic (exact) mass is 385 g/mol. The van der Waals surface area contributed by atoms with Crippen LogP contribution in [-0.2, 0) is 6.54 Å². The molecule has 0 radical (unpaired) electrons. The predicted molar refractivity (Wildman–Crippen MR) is 117 cm³/mol. The minimum atomic E-state index is 0.483. The minimum Gasteiger partial charge on any atom is -0.382 e. The highest BCUT2D eigenvalue weighted by molar-refractivity contribution is 5.51. The molecule has 1 aliphatic heterocycles. The van der Waals surface area contributed by atoms with Crippen molar-refractivity contribution in [1.29, 1.82) is 5.26 Å². The van der Waals surface area contributed by atoms with Crippen LogP contribution in [0.4, 0.5) is 11.4 Å². The summed E-state index contributed by atoms with van der Waals surface area (Å²) in [4.78, 5) is 6.80. The molecule has 0 bridgehead atoms. The summed E-state index contributed by atoms with van der Waals surface area (Å²) in [6.45, 7) is 7.06. The molecule has 0 atom stereocenters. The molecule has 4 rings (SSSR count). The predicted octanol–water partition coefficient (Wildman–Crippen LogP) is 4.50. The lowest BCUT2D eigenvalue weighted by atomic mass is 10.0. The first-order chi connectivity index (χ1) is 14.1. The quantitative estimate of drug-likeness (QED) is 0.702. The number of hydrogen-bond donors (Lipinski definition) is 1. The molecule has 3 aromatic rings. The molecule has 0 amide bonds. The van der Waals surface area contributed by atoms with E-state index >= 15 is 0 Å². The van der Waals surface area contributed by atoms with Gasteiger partial charge in [0, 0.05) is 42.7 Å². The molecule has 0 saturated carbocycles. The number of aryl methyl sites for hydroxylation is 1. The molecule has 1 aromatic heterocycles. The Labute approximate surface area is 172 Å². The van der Waals surface area contributed by atoms with E-state index in [2.05, 4.69) is 69.2 Å². The van der Waals surface area contributed by atoms with Gasteiger partial charge in [-0.05, 0) is 68.7 Å². The van der Waals surface area contributed by atoms with Crippen molar-refractivity contribution in [2.45, 2.75) is 39.3 Å². The fraction of sp³-hybridized carbons (Fsp3) is 0.333. The number of aromatic nitrogens is 2. The van der Waals surface area contributed by atoms with Gasteiger partial charge in [-0.3, -0.25) is 0 Å². The second-order valence-corrected chi connectivity index (χ2v) is 7.81. The van der Waals surface area contributed by atoms with Crippen LogP contribution in [0.5, 0.6) is 0 Å². The Balaban J connectivity index is 1.34. The van der Waals surface area contributed by atoms with Crippen molar-refractivity contribution in [3.05, 3.63) is 77.4 Å². The van der Waals surface area contributed by atoms with Crippen LogP contribution in [0.25, 0.3) is 0 Å². The normalized spacial score (nSPS) is 14.6. The van der Waals surface area contributed by atoms with Gasteiger partial charge in [-0.15, -0.1) is 0 Å². The highest BCUT2D eigenvalue weighted by atomic mass is 15.1. The Hall–Kier alpha value is -3.26. The van der Waals surface area contributed by atoms with E-state index in [1.54, 1.807) is 0 Å². The fourth-order valence-corrected chi connectivity index (χ4v) is 3.92. The second kappa shape index (κ2) is 8.40. The van der Waals surface area contributed by atoms with E-state index in [9.17, 15) is 0 Å². The Bertz CT molecular complexity index is 1000. The summed E-state index contributed by atoms with van der Waals surface area (Å²) in [5.74, 6) is 0. The lowest BCUT2D eigenvalue weighted by Crippen LogP contribution is -2.39. The molecule has 1 fully saturated rings. The number of anilines is 2. The van der Waals surface area contributed by atoms with Crippen LogP contribution in [0, 0.1) is 25.2 Å². The van der Waals surface area contributed by atoms with E-state index in [1.165, 1.54) is 22.6 Å².